The van der Waals surface area contributed by atoms with Crippen molar-refractivity contribution in [2.24, 2.45) is 0 Å². The number of ether oxygens (including phenoxy) is 2. The van der Waals surface area contributed by atoms with Gasteiger partial charge in [-0.25, -0.2) is 0 Å². The van der Waals surface area contributed by atoms with E-state index in [4.69, 9.17) is 9.47 Å². The number of nitrogens with one attached hydrogen (secondary N) is 2. The summed E-state index contributed by atoms with van der Waals surface area (Å²) in [7, 11) is 0. The number of carbonyl (C=O) groups excluding carboxylic acids is 3. The van der Waals surface area contributed by atoms with E-state index in [1.165, 1.54) is 6.92 Å². The molecule has 0 unspecified atom stereocenters. The van der Waals surface area contributed by atoms with E-state index in [0.717, 1.165) is 12.0 Å². The van der Waals surface area contributed by atoms with E-state index in [1.807, 2.05) is 30.3 Å². The Balaban J connectivity index is 1.48. The average molecular weight is 410 g/mol. The molecule has 2 N–H and O–H groups in total. The van der Waals surface area contributed by atoms with E-state index < -0.39 is 24.1 Å². The van der Waals surface area contributed by atoms with E-state index >= 15 is 0 Å². The van der Waals surface area contributed by atoms with Crippen LogP contribution in [0.4, 0.5) is 5.69 Å². The number of esters is 1. The van der Waals surface area contributed by atoms with E-state index in [0.29, 0.717) is 18.0 Å². The van der Waals surface area contributed by atoms with Gasteiger partial charge >= 0.3 is 5.97 Å². The van der Waals surface area contributed by atoms with Gasteiger partial charge in [0.25, 0.3) is 11.8 Å². The van der Waals surface area contributed by atoms with Crippen molar-refractivity contribution in [2.45, 2.75) is 44.8 Å². The van der Waals surface area contributed by atoms with Gasteiger partial charge in [0.05, 0.1) is 12.1 Å². The average Bonchev–Trinajstić information content (AvgIpc) is 2.75. The third kappa shape index (κ3) is 5.37. The third-order valence-electron chi connectivity index (χ3n) is 5.02. The van der Waals surface area contributed by atoms with Gasteiger partial charge in [-0.1, -0.05) is 49.4 Å². The first-order valence-corrected chi connectivity index (χ1v) is 10.1. The zero-order valence-electron chi connectivity index (χ0n) is 17.1. The maximum atomic E-state index is 12.4. The van der Waals surface area contributed by atoms with Crippen molar-refractivity contribution in [3.63, 3.8) is 0 Å². The van der Waals surface area contributed by atoms with Crippen molar-refractivity contribution in [1.29, 1.82) is 0 Å². The molecule has 2 aromatic carbocycles. The number of amides is 2. The summed E-state index contributed by atoms with van der Waals surface area (Å²) in [5.41, 5.74) is 1.70. The standard InChI is InChI=1S/C23H26N2O5/c1-3-16(17-9-5-4-6-10-17)14-24-22(27)15(2)29-21(26)13-20-23(28)25-18-11-7-8-12-19(18)30-20/h4-12,15-16,20H,3,13-14H2,1-2H3,(H,24,27)(H,25,28)/t15-,16-,20-/m1/s1. The molecule has 158 valence electrons. The minimum absolute atomic E-state index is 0.178. The molecule has 0 bridgehead atoms. The molecule has 3 atom stereocenters. The maximum Gasteiger partial charge on any atom is 0.310 e. The summed E-state index contributed by atoms with van der Waals surface area (Å²) in [4.78, 5) is 36.7. The van der Waals surface area contributed by atoms with Gasteiger partial charge in [0.2, 0.25) is 0 Å². The van der Waals surface area contributed by atoms with Gasteiger partial charge in [0.15, 0.2) is 12.2 Å². The van der Waals surface area contributed by atoms with Crippen LogP contribution in [0.2, 0.25) is 0 Å². The Morgan fingerprint density at radius 3 is 2.57 bits per heavy atom. The van der Waals surface area contributed by atoms with Crippen LogP contribution >= 0.6 is 0 Å². The van der Waals surface area contributed by atoms with Crippen LogP contribution in [0.15, 0.2) is 54.6 Å². The first-order chi connectivity index (χ1) is 14.5. The second kappa shape index (κ2) is 9.91. The molecule has 0 radical (unpaired) electrons. The largest absolute Gasteiger partial charge is 0.478 e. The second-order valence-corrected chi connectivity index (χ2v) is 7.19. The van der Waals surface area contributed by atoms with Crippen LogP contribution in [0.25, 0.3) is 0 Å². The summed E-state index contributed by atoms with van der Waals surface area (Å²) >= 11 is 0. The number of benzene rings is 2. The SMILES string of the molecule is CC[C@H](CNC(=O)[C@@H](C)OC(=O)C[C@H]1Oc2ccccc2NC1=O)c1ccccc1. The van der Waals surface area contributed by atoms with Crippen LogP contribution in [0.1, 0.15) is 38.2 Å². The van der Waals surface area contributed by atoms with Gasteiger partial charge in [-0.05, 0) is 31.0 Å². The number of para-hydroxylation sites is 2. The highest BCUT2D eigenvalue weighted by molar-refractivity contribution is 5.99. The third-order valence-corrected chi connectivity index (χ3v) is 5.02. The minimum atomic E-state index is -0.995. The fraction of sp³-hybridized carbons (Fsp3) is 0.348. The molecule has 0 saturated heterocycles. The smallest absolute Gasteiger partial charge is 0.310 e. The molecule has 0 saturated carbocycles. The molecule has 7 nitrogen and oxygen atoms in total. The van der Waals surface area contributed by atoms with Crippen molar-refractivity contribution in [1.82, 2.24) is 5.32 Å². The highest BCUT2D eigenvalue weighted by Crippen LogP contribution is 2.29. The summed E-state index contributed by atoms with van der Waals surface area (Å²) < 4.78 is 10.8. The highest BCUT2D eigenvalue weighted by atomic mass is 16.6. The molecule has 30 heavy (non-hydrogen) atoms. The number of fused-ring (bicyclic) bond motifs is 1. The van der Waals surface area contributed by atoms with Crippen LogP contribution in [0.5, 0.6) is 5.75 Å². The molecule has 0 spiro atoms. The normalized spacial score (nSPS) is 17.0. The van der Waals surface area contributed by atoms with Gasteiger partial charge in [0.1, 0.15) is 5.75 Å². The maximum absolute atomic E-state index is 12.4. The minimum Gasteiger partial charge on any atom is -0.478 e. The van der Waals surface area contributed by atoms with Gasteiger partial charge < -0.3 is 20.1 Å². The number of hydrogen-bond donors (Lipinski definition) is 2. The van der Waals surface area contributed by atoms with Crippen molar-refractivity contribution in [3.8, 4) is 5.75 Å². The lowest BCUT2D eigenvalue weighted by molar-refractivity contribution is -0.157. The van der Waals surface area contributed by atoms with Crippen LogP contribution in [0, 0.1) is 0 Å². The van der Waals surface area contributed by atoms with Crippen molar-refractivity contribution < 1.29 is 23.9 Å². The number of rotatable bonds is 8. The fourth-order valence-corrected chi connectivity index (χ4v) is 3.27. The van der Waals surface area contributed by atoms with Gasteiger partial charge in [-0.3, -0.25) is 14.4 Å². The Morgan fingerprint density at radius 1 is 1.13 bits per heavy atom. The quantitative estimate of drug-likeness (QED) is 0.653. The molecule has 1 aliphatic heterocycles. The lowest BCUT2D eigenvalue weighted by atomic mass is 9.96. The molecule has 7 heteroatoms. The van der Waals surface area contributed by atoms with E-state index in [2.05, 4.69) is 17.6 Å². The molecular formula is C23H26N2O5. The molecule has 0 fully saturated rings. The number of hydrogen-bond acceptors (Lipinski definition) is 5. The van der Waals surface area contributed by atoms with Gasteiger partial charge in [0, 0.05) is 12.5 Å². The molecule has 2 amide bonds. The summed E-state index contributed by atoms with van der Waals surface area (Å²) in [6.07, 6.45) is -1.37. The Kier molecular flexibility index (Phi) is 7.06. The van der Waals surface area contributed by atoms with Crippen LogP contribution in [0.3, 0.4) is 0 Å². The molecule has 3 rings (SSSR count). The predicted molar refractivity (Wildman–Crippen MR) is 112 cm³/mol. The highest BCUT2D eigenvalue weighted by Gasteiger charge is 2.31. The van der Waals surface area contributed by atoms with Crippen molar-refractivity contribution >= 4 is 23.5 Å². The van der Waals surface area contributed by atoms with E-state index in [9.17, 15) is 14.4 Å². The monoisotopic (exact) mass is 410 g/mol. The van der Waals surface area contributed by atoms with E-state index in [-0.39, 0.29) is 18.2 Å². The van der Waals surface area contributed by atoms with Crippen LogP contribution in [-0.2, 0) is 19.1 Å². The summed E-state index contributed by atoms with van der Waals surface area (Å²) in [6, 6.07) is 16.9. The summed E-state index contributed by atoms with van der Waals surface area (Å²) in [6.45, 7) is 4.01. The lowest BCUT2D eigenvalue weighted by Gasteiger charge is -2.25. The first kappa shape index (κ1) is 21.4. The molecule has 1 aliphatic rings. The topological polar surface area (TPSA) is 93.7 Å². The fourth-order valence-electron chi connectivity index (χ4n) is 3.27. The van der Waals surface area contributed by atoms with Gasteiger partial charge in [-0.15, -0.1) is 0 Å². The zero-order chi connectivity index (χ0) is 21.5. The molecule has 2 aromatic rings. The predicted octanol–water partition coefficient (Wildman–Crippen LogP) is 3.02. The summed E-state index contributed by atoms with van der Waals surface area (Å²) in [5.74, 6) is -0.801. The van der Waals surface area contributed by atoms with Crippen molar-refractivity contribution in [2.75, 3.05) is 11.9 Å². The van der Waals surface area contributed by atoms with Crippen LogP contribution in [-0.4, -0.2) is 36.5 Å². The zero-order valence-corrected chi connectivity index (χ0v) is 17.1. The number of carbonyl (C=O) groups is 3. The lowest BCUT2D eigenvalue weighted by Crippen LogP contribution is -2.41. The Morgan fingerprint density at radius 2 is 1.83 bits per heavy atom. The molecular weight excluding hydrogens is 384 g/mol. The summed E-state index contributed by atoms with van der Waals surface area (Å²) in [5, 5.41) is 5.53. The molecule has 0 aliphatic carbocycles. The Hall–Kier alpha value is -3.35. The second-order valence-electron chi connectivity index (χ2n) is 7.19. The first-order valence-electron chi connectivity index (χ1n) is 10.1. The van der Waals surface area contributed by atoms with E-state index in [1.54, 1.807) is 24.3 Å². The Labute approximate surface area is 175 Å². The van der Waals surface area contributed by atoms with Gasteiger partial charge in [-0.2, -0.15) is 0 Å². The van der Waals surface area contributed by atoms with Crippen molar-refractivity contribution in [3.05, 3.63) is 60.2 Å². The Bertz CT molecular complexity index is 899. The number of anilines is 1. The van der Waals surface area contributed by atoms with Crippen LogP contribution < -0.4 is 15.4 Å². The molecule has 1 heterocycles. The molecule has 0 aromatic heterocycles.